The zero-order valence-corrected chi connectivity index (χ0v) is 12.0. The summed E-state index contributed by atoms with van der Waals surface area (Å²) < 4.78 is 0.841. The first kappa shape index (κ1) is 12.9. The van der Waals surface area contributed by atoms with Crippen LogP contribution in [-0.2, 0) is 0 Å². The van der Waals surface area contributed by atoms with Crippen LogP contribution in [0.1, 0.15) is 13.8 Å². The van der Waals surface area contributed by atoms with Crippen molar-refractivity contribution in [2.45, 2.75) is 19.9 Å². The van der Waals surface area contributed by atoms with Crippen molar-refractivity contribution >= 4 is 32.4 Å². The molecular weight excluding hydrogens is 276 g/mol. The number of halogens is 1. The van der Waals surface area contributed by atoms with Crippen molar-refractivity contribution in [3.05, 3.63) is 3.92 Å². The lowest BCUT2D eigenvalue weighted by atomic mass is 10.3. The number of anilines is 1. The molecule has 1 rings (SSSR count). The van der Waals surface area contributed by atoms with Crippen molar-refractivity contribution < 1.29 is 0 Å². The molecule has 0 aliphatic rings. The van der Waals surface area contributed by atoms with Crippen LogP contribution in [0, 0.1) is 0 Å². The van der Waals surface area contributed by atoms with E-state index in [1.165, 1.54) is 0 Å². The second kappa shape index (κ2) is 5.77. The monoisotopic (exact) mass is 292 g/mol. The largest absolute Gasteiger partial charge is 0.343 e. The molecule has 1 heterocycles. The topological polar surface area (TPSA) is 32.3 Å². The summed E-state index contributed by atoms with van der Waals surface area (Å²) in [5, 5.41) is 9.11. The summed E-state index contributed by atoms with van der Waals surface area (Å²) in [6.07, 6.45) is 0. The first-order chi connectivity index (χ1) is 7.04. The molecule has 1 atom stereocenters. The van der Waals surface area contributed by atoms with Gasteiger partial charge in [-0.2, -0.15) is 0 Å². The Morgan fingerprint density at radius 3 is 2.47 bits per heavy atom. The summed E-state index contributed by atoms with van der Waals surface area (Å²) in [5.41, 5.74) is 0. The molecule has 0 saturated carbocycles. The molecule has 0 bridgehead atoms. The fourth-order valence-corrected chi connectivity index (χ4v) is 2.83. The van der Waals surface area contributed by atoms with Gasteiger partial charge in [0.05, 0.1) is 0 Å². The highest BCUT2D eigenvalue weighted by Gasteiger charge is 2.17. The molecule has 1 unspecified atom stereocenters. The number of rotatable bonds is 5. The number of likely N-dealkylation sites (N-methyl/N-ethyl adjacent to an activating group) is 2. The lowest BCUT2D eigenvalue weighted by molar-refractivity contribution is 0.372. The molecule has 4 nitrogen and oxygen atoms in total. The van der Waals surface area contributed by atoms with Gasteiger partial charge < -0.3 is 9.80 Å². The highest BCUT2D eigenvalue weighted by atomic mass is 79.9. The van der Waals surface area contributed by atoms with Crippen LogP contribution in [0.15, 0.2) is 3.92 Å². The SMILES string of the molecule is CCN(c1nnc(Br)s1)C(C)CN(C)C. The van der Waals surface area contributed by atoms with Gasteiger partial charge in [0.15, 0.2) is 3.92 Å². The first-order valence-electron chi connectivity index (χ1n) is 4.95. The fourth-order valence-electron chi connectivity index (χ4n) is 1.58. The maximum absolute atomic E-state index is 4.14. The third kappa shape index (κ3) is 3.70. The van der Waals surface area contributed by atoms with Crippen LogP contribution in [0.25, 0.3) is 0 Å². The molecule has 15 heavy (non-hydrogen) atoms. The molecule has 6 heteroatoms. The Kier molecular flexibility index (Phi) is 4.95. The van der Waals surface area contributed by atoms with E-state index in [0.29, 0.717) is 6.04 Å². The van der Waals surface area contributed by atoms with Crippen LogP contribution in [0.2, 0.25) is 0 Å². The smallest absolute Gasteiger partial charge is 0.209 e. The molecule has 0 radical (unpaired) electrons. The van der Waals surface area contributed by atoms with Gasteiger partial charge in [0.1, 0.15) is 0 Å². The van der Waals surface area contributed by atoms with E-state index in [0.717, 1.165) is 22.1 Å². The third-order valence-electron chi connectivity index (χ3n) is 2.14. The molecule has 0 aromatic carbocycles. The van der Waals surface area contributed by atoms with Gasteiger partial charge in [-0.05, 0) is 43.9 Å². The Hall–Kier alpha value is -0.200. The van der Waals surface area contributed by atoms with Crippen LogP contribution >= 0.6 is 27.3 Å². The minimum Gasteiger partial charge on any atom is -0.343 e. The quantitative estimate of drug-likeness (QED) is 0.832. The molecule has 0 aliphatic heterocycles. The average molecular weight is 293 g/mol. The predicted molar refractivity (Wildman–Crippen MR) is 68.6 cm³/mol. The van der Waals surface area contributed by atoms with E-state index in [2.05, 4.69) is 63.9 Å². The van der Waals surface area contributed by atoms with Gasteiger partial charge in [-0.25, -0.2) is 0 Å². The molecule has 0 fully saturated rings. The molecule has 0 spiro atoms. The highest BCUT2D eigenvalue weighted by molar-refractivity contribution is 9.11. The first-order valence-corrected chi connectivity index (χ1v) is 6.56. The minimum absolute atomic E-state index is 0.449. The number of nitrogens with zero attached hydrogens (tertiary/aromatic N) is 4. The molecule has 0 amide bonds. The maximum Gasteiger partial charge on any atom is 0.209 e. The van der Waals surface area contributed by atoms with Gasteiger partial charge in [-0.1, -0.05) is 11.3 Å². The standard InChI is InChI=1S/C9H17BrN4S/c1-5-14(7(2)6-13(3)4)9-12-11-8(10)15-9/h7H,5-6H2,1-4H3. The Bertz CT molecular complexity index is 302. The molecular formula is C9H17BrN4S. The number of aromatic nitrogens is 2. The summed E-state index contributed by atoms with van der Waals surface area (Å²) in [6.45, 7) is 6.32. The molecule has 0 N–H and O–H groups in total. The van der Waals surface area contributed by atoms with Crippen LogP contribution in [0.5, 0.6) is 0 Å². The Morgan fingerprint density at radius 1 is 1.40 bits per heavy atom. The summed E-state index contributed by atoms with van der Waals surface area (Å²) >= 11 is 4.92. The van der Waals surface area contributed by atoms with Crippen LogP contribution in [-0.4, -0.2) is 48.3 Å². The highest BCUT2D eigenvalue weighted by Crippen LogP contribution is 2.25. The second-order valence-electron chi connectivity index (χ2n) is 3.73. The van der Waals surface area contributed by atoms with Gasteiger partial charge in [-0.3, -0.25) is 0 Å². The average Bonchev–Trinajstić information content (AvgIpc) is 2.51. The van der Waals surface area contributed by atoms with Gasteiger partial charge in [0.25, 0.3) is 0 Å². The summed E-state index contributed by atoms with van der Waals surface area (Å²) in [7, 11) is 4.17. The van der Waals surface area contributed by atoms with Crippen molar-refractivity contribution in [1.82, 2.24) is 15.1 Å². The van der Waals surface area contributed by atoms with Crippen LogP contribution < -0.4 is 4.90 Å². The summed E-state index contributed by atoms with van der Waals surface area (Å²) in [4.78, 5) is 4.45. The lowest BCUT2D eigenvalue weighted by Crippen LogP contribution is -2.40. The van der Waals surface area contributed by atoms with Crippen molar-refractivity contribution in [3.8, 4) is 0 Å². The lowest BCUT2D eigenvalue weighted by Gasteiger charge is -2.29. The van der Waals surface area contributed by atoms with Gasteiger partial charge >= 0.3 is 0 Å². The van der Waals surface area contributed by atoms with E-state index in [1.54, 1.807) is 11.3 Å². The summed E-state index contributed by atoms with van der Waals surface area (Å²) in [5.74, 6) is 0. The van der Waals surface area contributed by atoms with Crippen LogP contribution in [0.3, 0.4) is 0 Å². The van der Waals surface area contributed by atoms with E-state index in [1.807, 2.05) is 0 Å². The van der Waals surface area contributed by atoms with E-state index < -0.39 is 0 Å². The van der Waals surface area contributed by atoms with E-state index in [4.69, 9.17) is 0 Å². The molecule has 86 valence electrons. The second-order valence-corrected chi connectivity index (χ2v) is 5.97. The molecule has 0 aliphatic carbocycles. The number of hydrogen-bond acceptors (Lipinski definition) is 5. The molecule has 1 aromatic rings. The Labute approximate surface area is 103 Å². The fraction of sp³-hybridized carbons (Fsp3) is 0.778. The van der Waals surface area contributed by atoms with Crippen molar-refractivity contribution in [2.75, 3.05) is 32.1 Å². The minimum atomic E-state index is 0.449. The maximum atomic E-state index is 4.14. The third-order valence-corrected chi connectivity index (χ3v) is 3.53. The normalized spacial score (nSPS) is 13.2. The Morgan fingerprint density at radius 2 is 2.07 bits per heavy atom. The van der Waals surface area contributed by atoms with Crippen molar-refractivity contribution in [3.63, 3.8) is 0 Å². The van der Waals surface area contributed by atoms with Crippen LogP contribution in [0.4, 0.5) is 5.13 Å². The van der Waals surface area contributed by atoms with E-state index in [-0.39, 0.29) is 0 Å². The van der Waals surface area contributed by atoms with Gasteiger partial charge in [0, 0.05) is 19.1 Å². The Balaban J connectivity index is 2.70. The van der Waals surface area contributed by atoms with Gasteiger partial charge in [0.2, 0.25) is 5.13 Å². The van der Waals surface area contributed by atoms with Crippen molar-refractivity contribution in [1.29, 1.82) is 0 Å². The number of hydrogen-bond donors (Lipinski definition) is 0. The van der Waals surface area contributed by atoms with Crippen molar-refractivity contribution in [2.24, 2.45) is 0 Å². The molecule has 0 saturated heterocycles. The van der Waals surface area contributed by atoms with E-state index in [9.17, 15) is 0 Å². The van der Waals surface area contributed by atoms with Gasteiger partial charge in [-0.15, -0.1) is 10.2 Å². The molecule has 1 aromatic heterocycles. The summed E-state index contributed by atoms with van der Waals surface area (Å²) in [6, 6.07) is 0.449. The zero-order valence-electron chi connectivity index (χ0n) is 9.57. The predicted octanol–water partition coefficient (Wildman–Crippen LogP) is 2.08. The zero-order chi connectivity index (χ0) is 11.4. The van der Waals surface area contributed by atoms with E-state index >= 15 is 0 Å².